The number of carbonyl (C=O) groups excluding carboxylic acids is 2. The third kappa shape index (κ3) is 2.70. The number of nitrogens with one attached hydrogen (secondary N) is 1. The number of rotatable bonds is 3. The van der Waals surface area contributed by atoms with Crippen LogP contribution in [-0.2, 0) is 15.3 Å². The van der Waals surface area contributed by atoms with E-state index in [2.05, 4.69) is 5.32 Å². The molecule has 26 heavy (non-hydrogen) atoms. The number of halogens is 1. The molecule has 6 nitrogen and oxygen atoms in total. The molecule has 132 valence electrons. The molecule has 1 aliphatic heterocycles. The maximum absolute atomic E-state index is 14.4. The second-order valence-electron chi connectivity index (χ2n) is 6.16. The Hall–Kier alpha value is -3.24. The summed E-state index contributed by atoms with van der Waals surface area (Å²) in [5.74, 6) is -6.60. The van der Waals surface area contributed by atoms with Crippen molar-refractivity contribution in [3.8, 4) is 6.07 Å². The molecule has 4 N–H and O–H groups in total. The van der Waals surface area contributed by atoms with Gasteiger partial charge in [-0.15, -0.1) is 0 Å². The molecule has 0 unspecified atom stereocenters. The van der Waals surface area contributed by atoms with Gasteiger partial charge in [0.25, 0.3) is 0 Å². The zero-order chi connectivity index (χ0) is 18.9. The van der Waals surface area contributed by atoms with Crippen molar-refractivity contribution in [2.45, 2.75) is 11.6 Å². The molecule has 2 aromatic carbocycles. The van der Waals surface area contributed by atoms with E-state index in [1.807, 2.05) is 6.07 Å². The minimum atomic E-state index is -2.09. The molecule has 2 aromatic rings. The highest BCUT2D eigenvalue weighted by atomic mass is 19.1. The third-order valence-corrected chi connectivity index (χ3v) is 4.69. The first-order valence-electron chi connectivity index (χ1n) is 7.93. The van der Waals surface area contributed by atoms with Crippen LogP contribution in [0.25, 0.3) is 0 Å². The van der Waals surface area contributed by atoms with Gasteiger partial charge in [-0.25, -0.2) is 4.39 Å². The van der Waals surface area contributed by atoms with Crippen LogP contribution in [0.5, 0.6) is 0 Å². The summed E-state index contributed by atoms with van der Waals surface area (Å²) in [6, 6.07) is 15.5. The van der Waals surface area contributed by atoms with Gasteiger partial charge < -0.3 is 16.2 Å². The molecular weight excluding hydrogens is 337 g/mol. The SMILES string of the molecule is N#C[C@H]1[C@H](c2ccccc2F)[C@H](C(N)=O)C(=O)N[C@@]1(O)c1ccccc1. The highest BCUT2D eigenvalue weighted by Gasteiger charge is 2.56. The Kier molecular flexibility index (Phi) is 4.45. The first-order valence-corrected chi connectivity index (χ1v) is 7.93. The number of carbonyl (C=O) groups is 2. The highest BCUT2D eigenvalue weighted by Crippen LogP contribution is 2.45. The van der Waals surface area contributed by atoms with Crippen LogP contribution in [0, 0.1) is 29.0 Å². The summed E-state index contributed by atoms with van der Waals surface area (Å²) < 4.78 is 14.4. The summed E-state index contributed by atoms with van der Waals surface area (Å²) in [7, 11) is 0. The van der Waals surface area contributed by atoms with E-state index >= 15 is 0 Å². The predicted octanol–water partition coefficient (Wildman–Crippen LogP) is 1.13. The number of amides is 2. The summed E-state index contributed by atoms with van der Waals surface area (Å²) in [6.45, 7) is 0. The van der Waals surface area contributed by atoms with Crippen LogP contribution in [0.15, 0.2) is 54.6 Å². The van der Waals surface area contributed by atoms with Crippen molar-refractivity contribution >= 4 is 11.8 Å². The lowest BCUT2D eigenvalue weighted by Gasteiger charge is -2.44. The van der Waals surface area contributed by atoms with Gasteiger partial charge in [0.2, 0.25) is 11.8 Å². The van der Waals surface area contributed by atoms with Gasteiger partial charge in [-0.2, -0.15) is 5.26 Å². The van der Waals surface area contributed by atoms with E-state index in [-0.39, 0.29) is 11.1 Å². The molecule has 0 aromatic heterocycles. The summed E-state index contributed by atoms with van der Waals surface area (Å²) in [4.78, 5) is 24.5. The molecule has 1 fully saturated rings. The fourth-order valence-electron chi connectivity index (χ4n) is 3.49. The van der Waals surface area contributed by atoms with Crippen LogP contribution in [0.2, 0.25) is 0 Å². The second kappa shape index (κ2) is 6.58. The Balaban J connectivity index is 2.22. The minimum Gasteiger partial charge on any atom is -0.369 e. The standard InChI is InChI=1S/C19H16FN3O3/c20-14-9-5-4-8-12(14)15-13(10-21)19(26,11-6-2-1-3-7-11)23-18(25)16(15)17(22)24/h1-9,13,15-16,26H,(H2,22,24)(H,23,25)/t13-,15-,16+,19+/m0/s1. The fourth-order valence-corrected chi connectivity index (χ4v) is 3.49. The molecule has 1 aliphatic rings. The highest BCUT2D eigenvalue weighted by molar-refractivity contribution is 6.01. The molecule has 1 heterocycles. The average molecular weight is 353 g/mol. The lowest BCUT2D eigenvalue weighted by atomic mass is 9.67. The molecule has 1 saturated heterocycles. The summed E-state index contributed by atoms with van der Waals surface area (Å²) in [5.41, 5.74) is 3.51. The zero-order valence-corrected chi connectivity index (χ0v) is 13.6. The van der Waals surface area contributed by atoms with Gasteiger partial charge >= 0.3 is 0 Å². The largest absolute Gasteiger partial charge is 0.369 e. The van der Waals surface area contributed by atoms with Crippen LogP contribution < -0.4 is 11.1 Å². The Labute approximate surface area is 149 Å². The van der Waals surface area contributed by atoms with E-state index in [9.17, 15) is 24.3 Å². The van der Waals surface area contributed by atoms with E-state index in [4.69, 9.17) is 5.73 Å². The lowest BCUT2D eigenvalue weighted by molar-refractivity contribution is -0.153. The number of piperidine rings is 1. The fraction of sp³-hybridized carbons (Fsp3) is 0.211. The Morgan fingerprint density at radius 1 is 1.19 bits per heavy atom. The third-order valence-electron chi connectivity index (χ3n) is 4.69. The number of nitriles is 1. The van der Waals surface area contributed by atoms with Gasteiger partial charge in [-0.05, 0) is 11.6 Å². The van der Waals surface area contributed by atoms with Gasteiger partial charge in [0, 0.05) is 11.5 Å². The van der Waals surface area contributed by atoms with Crippen LogP contribution in [-0.4, -0.2) is 16.9 Å². The number of hydrogen-bond donors (Lipinski definition) is 3. The van der Waals surface area contributed by atoms with Crippen molar-refractivity contribution in [1.29, 1.82) is 5.26 Å². The number of nitrogens with two attached hydrogens (primary N) is 1. The first-order chi connectivity index (χ1) is 12.4. The maximum atomic E-state index is 14.4. The molecule has 3 rings (SSSR count). The van der Waals surface area contributed by atoms with Gasteiger partial charge in [-0.3, -0.25) is 9.59 Å². The normalized spacial score (nSPS) is 28.0. The average Bonchev–Trinajstić information content (AvgIpc) is 2.62. The van der Waals surface area contributed by atoms with E-state index < -0.39 is 41.1 Å². The number of benzene rings is 2. The van der Waals surface area contributed by atoms with Crippen molar-refractivity contribution in [2.24, 2.45) is 17.6 Å². The Bertz CT molecular complexity index is 896. The van der Waals surface area contributed by atoms with Crippen molar-refractivity contribution in [2.75, 3.05) is 0 Å². The number of hydrogen-bond acceptors (Lipinski definition) is 4. The zero-order valence-electron chi connectivity index (χ0n) is 13.6. The van der Waals surface area contributed by atoms with E-state index in [0.29, 0.717) is 0 Å². The monoisotopic (exact) mass is 353 g/mol. The lowest BCUT2D eigenvalue weighted by Crippen LogP contribution is -2.62. The topological polar surface area (TPSA) is 116 Å². The van der Waals surface area contributed by atoms with Crippen LogP contribution >= 0.6 is 0 Å². The Morgan fingerprint density at radius 3 is 2.38 bits per heavy atom. The maximum Gasteiger partial charge on any atom is 0.235 e. The number of nitrogens with zero attached hydrogens (tertiary/aromatic N) is 1. The van der Waals surface area contributed by atoms with E-state index in [0.717, 1.165) is 6.07 Å². The van der Waals surface area contributed by atoms with Gasteiger partial charge in [-0.1, -0.05) is 48.5 Å². The smallest absolute Gasteiger partial charge is 0.235 e. The van der Waals surface area contributed by atoms with Crippen molar-refractivity contribution in [1.82, 2.24) is 5.32 Å². The summed E-state index contributed by atoms with van der Waals surface area (Å²) in [6.07, 6.45) is 0. The van der Waals surface area contributed by atoms with E-state index in [1.54, 1.807) is 18.2 Å². The molecule has 0 bridgehead atoms. The van der Waals surface area contributed by atoms with Gasteiger partial charge in [0.05, 0.1) is 6.07 Å². The molecular formula is C19H16FN3O3. The van der Waals surface area contributed by atoms with Crippen molar-refractivity contribution < 1.29 is 19.1 Å². The van der Waals surface area contributed by atoms with Gasteiger partial charge in [0.1, 0.15) is 17.7 Å². The predicted molar refractivity (Wildman–Crippen MR) is 89.4 cm³/mol. The number of primary amides is 1. The van der Waals surface area contributed by atoms with Crippen molar-refractivity contribution in [3.05, 3.63) is 71.5 Å². The number of aliphatic hydroxyl groups is 1. The van der Waals surface area contributed by atoms with Crippen molar-refractivity contribution in [3.63, 3.8) is 0 Å². The Morgan fingerprint density at radius 2 is 1.81 bits per heavy atom. The molecule has 7 heteroatoms. The first kappa shape index (κ1) is 17.6. The van der Waals surface area contributed by atoms with Crippen LogP contribution in [0.1, 0.15) is 17.0 Å². The molecule has 0 radical (unpaired) electrons. The molecule has 0 spiro atoms. The quantitative estimate of drug-likeness (QED) is 0.717. The van der Waals surface area contributed by atoms with Crippen LogP contribution in [0.4, 0.5) is 4.39 Å². The van der Waals surface area contributed by atoms with Crippen LogP contribution in [0.3, 0.4) is 0 Å². The second-order valence-corrected chi connectivity index (χ2v) is 6.16. The molecule has 0 aliphatic carbocycles. The molecule has 0 saturated carbocycles. The molecule has 4 atom stereocenters. The summed E-state index contributed by atoms with van der Waals surface area (Å²) >= 11 is 0. The minimum absolute atomic E-state index is 0.0212. The van der Waals surface area contributed by atoms with Gasteiger partial charge in [0.15, 0.2) is 5.72 Å². The van der Waals surface area contributed by atoms with E-state index in [1.165, 1.54) is 30.3 Å². The molecule has 2 amide bonds. The summed E-state index contributed by atoms with van der Waals surface area (Å²) in [5, 5.41) is 23.3.